The van der Waals surface area contributed by atoms with Crippen LogP contribution in [0.2, 0.25) is 0 Å². The number of amides is 3. The number of nitrogens with zero attached hydrogens (tertiary/aromatic N) is 1. The van der Waals surface area contributed by atoms with Gasteiger partial charge in [0.05, 0.1) is 12.1 Å². The fraction of sp³-hybridized carbons (Fsp3) is 0.524. The summed E-state index contributed by atoms with van der Waals surface area (Å²) in [5, 5.41) is 23.6. The number of carboxylic acids is 1. The second-order valence-corrected chi connectivity index (χ2v) is 7.78. The van der Waals surface area contributed by atoms with Crippen molar-refractivity contribution in [2.24, 2.45) is 5.73 Å². The van der Waals surface area contributed by atoms with Gasteiger partial charge in [0.25, 0.3) is 0 Å². The zero-order chi connectivity index (χ0) is 23.1. The number of nitrogens with two attached hydrogens (primary N) is 1. The Labute approximate surface area is 180 Å². The molecular weight excluding hydrogens is 404 g/mol. The molecule has 1 fully saturated rings. The van der Waals surface area contributed by atoms with Gasteiger partial charge in [0.1, 0.15) is 12.1 Å². The molecule has 1 heterocycles. The third-order valence-electron chi connectivity index (χ3n) is 5.25. The van der Waals surface area contributed by atoms with Gasteiger partial charge >= 0.3 is 5.97 Å². The molecule has 31 heavy (non-hydrogen) atoms. The number of nitrogens with one attached hydrogen (secondary N) is 2. The van der Waals surface area contributed by atoms with Crippen molar-refractivity contribution in [1.82, 2.24) is 15.5 Å². The van der Waals surface area contributed by atoms with E-state index in [2.05, 4.69) is 10.6 Å². The van der Waals surface area contributed by atoms with Gasteiger partial charge in [0.15, 0.2) is 6.04 Å². The molecule has 1 aliphatic rings. The van der Waals surface area contributed by atoms with Gasteiger partial charge in [-0.25, -0.2) is 4.79 Å². The topological polar surface area (TPSA) is 162 Å². The first-order chi connectivity index (χ1) is 14.6. The Morgan fingerprint density at radius 3 is 2.39 bits per heavy atom. The van der Waals surface area contributed by atoms with E-state index in [1.807, 2.05) is 30.3 Å². The molecule has 5 atom stereocenters. The van der Waals surface area contributed by atoms with Gasteiger partial charge in [0, 0.05) is 6.54 Å². The van der Waals surface area contributed by atoms with E-state index in [1.54, 1.807) is 0 Å². The van der Waals surface area contributed by atoms with Crippen LogP contribution in [0.15, 0.2) is 30.3 Å². The minimum absolute atomic E-state index is 0.305. The van der Waals surface area contributed by atoms with E-state index in [-0.39, 0.29) is 0 Å². The van der Waals surface area contributed by atoms with Crippen LogP contribution in [0.5, 0.6) is 0 Å². The SMILES string of the molecule is CC(NC(=O)C(N)Cc1ccccc1)C(=O)N1CCCC1C(=O)NC(C(=O)O)C(C)O. The predicted octanol–water partition coefficient (Wildman–Crippen LogP) is -0.998. The number of hydrogen-bond donors (Lipinski definition) is 5. The largest absolute Gasteiger partial charge is 0.480 e. The van der Waals surface area contributed by atoms with Gasteiger partial charge < -0.3 is 31.5 Å². The highest BCUT2D eigenvalue weighted by Gasteiger charge is 2.38. The molecule has 2 rings (SSSR count). The van der Waals surface area contributed by atoms with E-state index in [9.17, 15) is 24.3 Å². The summed E-state index contributed by atoms with van der Waals surface area (Å²) < 4.78 is 0. The van der Waals surface area contributed by atoms with Crippen LogP contribution in [0.3, 0.4) is 0 Å². The third kappa shape index (κ3) is 6.50. The lowest BCUT2D eigenvalue weighted by Gasteiger charge is -2.29. The maximum atomic E-state index is 12.9. The summed E-state index contributed by atoms with van der Waals surface area (Å²) in [6.07, 6.45) is -0.0584. The van der Waals surface area contributed by atoms with Crippen LogP contribution in [-0.4, -0.2) is 75.6 Å². The van der Waals surface area contributed by atoms with E-state index < -0.39 is 54.0 Å². The van der Waals surface area contributed by atoms with E-state index in [0.717, 1.165) is 5.56 Å². The molecular formula is C21H30N4O6. The van der Waals surface area contributed by atoms with Crippen molar-refractivity contribution in [2.45, 2.75) is 63.4 Å². The van der Waals surface area contributed by atoms with E-state index in [0.29, 0.717) is 25.8 Å². The van der Waals surface area contributed by atoms with E-state index in [1.165, 1.54) is 18.7 Å². The Morgan fingerprint density at radius 1 is 1.16 bits per heavy atom. The lowest BCUT2D eigenvalue weighted by molar-refractivity contribution is -0.147. The predicted molar refractivity (Wildman–Crippen MR) is 112 cm³/mol. The number of rotatable bonds is 9. The van der Waals surface area contributed by atoms with Gasteiger partial charge in [-0.15, -0.1) is 0 Å². The lowest BCUT2D eigenvalue weighted by Crippen LogP contribution is -2.57. The summed E-state index contributed by atoms with van der Waals surface area (Å²) in [6.45, 7) is 3.07. The van der Waals surface area contributed by atoms with Crippen LogP contribution in [-0.2, 0) is 25.6 Å². The Morgan fingerprint density at radius 2 is 1.81 bits per heavy atom. The van der Waals surface area contributed by atoms with Gasteiger partial charge in [-0.2, -0.15) is 0 Å². The molecule has 1 aromatic carbocycles. The highest BCUT2D eigenvalue weighted by atomic mass is 16.4. The highest BCUT2D eigenvalue weighted by Crippen LogP contribution is 2.19. The highest BCUT2D eigenvalue weighted by molar-refractivity contribution is 5.94. The number of likely N-dealkylation sites (tertiary alicyclic amines) is 1. The molecule has 0 spiro atoms. The Balaban J connectivity index is 1.96. The van der Waals surface area contributed by atoms with Crippen molar-refractivity contribution >= 4 is 23.7 Å². The smallest absolute Gasteiger partial charge is 0.328 e. The van der Waals surface area contributed by atoms with Crippen LogP contribution in [0.4, 0.5) is 0 Å². The van der Waals surface area contributed by atoms with Gasteiger partial charge in [0.2, 0.25) is 17.7 Å². The molecule has 0 aromatic heterocycles. The molecule has 10 heteroatoms. The van der Waals surface area contributed by atoms with Crippen LogP contribution in [0.25, 0.3) is 0 Å². The average molecular weight is 434 g/mol. The van der Waals surface area contributed by atoms with Crippen LogP contribution < -0.4 is 16.4 Å². The summed E-state index contributed by atoms with van der Waals surface area (Å²) in [5.74, 6) is -2.96. The van der Waals surface area contributed by atoms with Crippen molar-refractivity contribution in [3.63, 3.8) is 0 Å². The number of aliphatic carboxylic acids is 1. The molecule has 170 valence electrons. The second kappa shape index (κ2) is 10.9. The monoisotopic (exact) mass is 434 g/mol. The zero-order valence-electron chi connectivity index (χ0n) is 17.7. The summed E-state index contributed by atoms with van der Waals surface area (Å²) in [6, 6.07) is 5.17. The van der Waals surface area contributed by atoms with Crippen molar-refractivity contribution in [2.75, 3.05) is 6.54 Å². The van der Waals surface area contributed by atoms with Crippen molar-refractivity contribution in [1.29, 1.82) is 0 Å². The normalized spacial score (nSPS) is 19.7. The first-order valence-corrected chi connectivity index (χ1v) is 10.2. The summed E-state index contributed by atoms with van der Waals surface area (Å²) >= 11 is 0. The molecule has 0 bridgehead atoms. The Bertz CT molecular complexity index is 800. The fourth-order valence-corrected chi connectivity index (χ4v) is 3.53. The van der Waals surface area contributed by atoms with Crippen molar-refractivity contribution in [3.8, 4) is 0 Å². The van der Waals surface area contributed by atoms with Crippen molar-refractivity contribution < 1.29 is 29.4 Å². The fourth-order valence-electron chi connectivity index (χ4n) is 3.53. The average Bonchev–Trinajstić information content (AvgIpc) is 3.21. The van der Waals surface area contributed by atoms with Gasteiger partial charge in [-0.1, -0.05) is 30.3 Å². The number of carbonyl (C=O) groups is 4. The zero-order valence-corrected chi connectivity index (χ0v) is 17.7. The van der Waals surface area contributed by atoms with Crippen molar-refractivity contribution in [3.05, 3.63) is 35.9 Å². The molecule has 3 amide bonds. The minimum Gasteiger partial charge on any atom is -0.480 e. The maximum absolute atomic E-state index is 12.9. The number of aliphatic hydroxyl groups excluding tert-OH is 1. The number of carbonyl (C=O) groups excluding carboxylic acids is 3. The minimum atomic E-state index is -1.47. The molecule has 1 saturated heterocycles. The van der Waals surface area contributed by atoms with Crippen LogP contribution in [0, 0.1) is 0 Å². The summed E-state index contributed by atoms with van der Waals surface area (Å²) in [5.41, 5.74) is 6.85. The maximum Gasteiger partial charge on any atom is 0.328 e. The molecule has 0 saturated carbocycles. The van der Waals surface area contributed by atoms with Gasteiger partial charge in [-0.3, -0.25) is 14.4 Å². The van der Waals surface area contributed by atoms with Gasteiger partial charge in [-0.05, 0) is 38.7 Å². The Kier molecular flexibility index (Phi) is 8.52. The van der Waals surface area contributed by atoms with Crippen LogP contribution >= 0.6 is 0 Å². The van der Waals surface area contributed by atoms with E-state index in [4.69, 9.17) is 10.8 Å². The first kappa shape index (κ1) is 24.3. The first-order valence-electron chi connectivity index (χ1n) is 10.2. The molecule has 0 radical (unpaired) electrons. The summed E-state index contributed by atoms with van der Waals surface area (Å²) in [4.78, 5) is 50.4. The van der Waals surface area contributed by atoms with Crippen LogP contribution in [0.1, 0.15) is 32.3 Å². The standard InChI is InChI=1S/C21H30N4O6/c1-12(23-18(27)15(22)11-14-7-4-3-5-8-14)20(29)25-10-6-9-16(25)19(28)24-17(13(2)26)21(30)31/h3-5,7-8,12-13,15-17,26H,6,9-11,22H2,1-2H3,(H,23,27)(H,24,28)(H,30,31). The number of benzene rings is 1. The van der Waals surface area contributed by atoms with E-state index >= 15 is 0 Å². The number of aliphatic hydroxyl groups is 1. The quantitative estimate of drug-likeness (QED) is 0.333. The summed E-state index contributed by atoms with van der Waals surface area (Å²) in [7, 11) is 0. The molecule has 1 aliphatic heterocycles. The lowest BCUT2D eigenvalue weighted by atomic mass is 10.1. The third-order valence-corrected chi connectivity index (χ3v) is 5.25. The molecule has 6 N–H and O–H groups in total. The second-order valence-electron chi connectivity index (χ2n) is 7.78. The number of carboxylic acid groups (broad SMARTS) is 1. The molecule has 10 nitrogen and oxygen atoms in total. The molecule has 1 aromatic rings. The molecule has 5 unspecified atom stereocenters. The molecule has 0 aliphatic carbocycles. The number of hydrogen-bond acceptors (Lipinski definition) is 6. The Hall–Kier alpha value is -2.98.